The van der Waals surface area contributed by atoms with Crippen molar-refractivity contribution in [3.8, 4) is 23.0 Å². The lowest BCUT2D eigenvalue weighted by molar-refractivity contribution is 0.101. The number of carbonyl (C=O) groups excluding carboxylic acids is 1. The van der Waals surface area contributed by atoms with E-state index in [1.54, 1.807) is 32.4 Å². The Hall–Kier alpha value is -2.47. The van der Waals surface area contributed by atoms with Crippen LogP contribution in [0.1, 0.15) is 15.9 Å². The zero-order valence-electron chi connectivity index (χ0n) is 12.4. The van der Waals surface area contributed by atoms with E-state index in [2.05, 4.69) is 15.9 Å². The first-order valence-electron chi connectivity index (χ1n) is 6.72. The van der Waals surface area contributed by atoms with E-state index < -0.39 is 0 Å². The summed E-state index contributed by atoms with van der Waals surface area (Å²) >= 11 is 3.44. The van der Waals surface area contributed by atoms with Crippen molar-refractivity contribution < 1.29 is 24.1 Å². The number of phenolic OH excluding ortho intramolecular Hbond substituents is 1. The predicted octanol–water partition coefficient (Wildman–Crippen LogP) is 3.79. The maximum atomic E-state index is 12.4. The fraction of sp³-hybridized carbons (Fsp3) is 0.118. The molecule has 1 aliphatic rings. The lowest BCUT2D eigenvalue weighted by atomic mass is 10.1. The number of Topliss-reactive ketones (excluding diaryl/α,β-unsaturated/α-hetero) is 1. The van der Waals surface area contributed by atoms with Crippen molar-refractivity contribution in [3.05, 3.63) is 51.7 Å². The number of ketones is 1. The molecule has 0 atom stereocenters. The Bertz CT molecular complexity index is 826. The number of hydrogen-bond donors (Lipinski definition) is 1. The molecular weight excluding hydrogens is 364 g/mol. The van der Waals surface area contributed by atoms with Gasteiger partial charge in [-0.15, -0.1) is 0 Å². The van der Waals surface area contributed by atoms with E-state index in [0.29, 0.717) is 28.4 Å². The van der Waals surface area contributed by atoms with Crippen LogP contribution in [0, 0.1) is 0 Å². The SMILES string of the molecule is COc1cc(Br)c(/C=C2\Oc3cc(O)ccc3C2=O)cc1OC. The van der Waals surface area contributed by atoms with Crippen LogP contribution in [0.5, 0.6) is 23.0 Å². The lowest BCUT2D eigenvalue weighted by Crippen LogP contribution is -1.99. The Balaban J connectivity index is 2.02. The van der Waals surface area contributed by atoms with Crippen molar-refractivity contribution in [2.75, 3.05) is 14.2 Å². The van der Waals surface area contributed by atoms with E-state index in [1.165, 1.54) is 18.2 Å². The van der Waals surface area contributed by atoms with E-state index in [0.717, 1.165) is 4.47 Å². The standard InChI is InChI=1S/C17H13BrO5/c1-21-14-5-9(12(18)8-15(14)22-2)6-16-17(20)11-4-3-10(19)7-13(11)23-16/h3-8,19H,1-2H3/b16-6-. The Kier molecular flexibility index (Phi) is 4.00. The topological polar surface area (TPSA) is 65.0 Å². The van der Waals surface area contributed by atoms with Gasteiger partial charge in [0.05, 0.1) is 19.8 Å². The summed E-state index contributed by atoms with van der Waals surface area (Å²) in [5, 5.41) is 9.48. The second kappa shape index (κ2) is 5.96. The number of aromatic hydroxyl groups is 1. The first-order valence-corrected chi connectivity index (χ1v) is 7.51. The van der Waals surface area contributed by atoms with Gasteiger partial charge < -0.3 is 19.3 Å². The van der Waals surface area contributed by atoms with E-state index in [1.807, 2.05) is 0 Å². The molecule has 0 unspecified atom stereocenters. The molecule has 23 heavy (non-hydrogen) atoms. The molecule has 0 saturated heterocycles. The number of phenols is 1. The Morgan fingerprint density at radius 2 is 1.83 bits per heavy atom. The molecule has 3 rings (SSSR count). The maximum absolute atomic E-state index is 12.4. The number of ether oxygens (including phenoxy) is 3. The molecular formula is C17H13BrO5. The number of halogens is 1. The first-order chi connectivity index (χ1) is 11.0. The fourth-order valence-corrected chi connectivity index (χ4v) is 2.73. The molecule has 0 fully saturated rings. The van der Waals surface area contributed by atoms with Gasteiger partial charge in [-0.05, 0) is 35.9 Å². The van der Waals surface area contributed by atoms with Gasteiger partial charge >= 0.3 is 0 Å². The third-order valence-corrected chi connectivity index (χ3v) is 4.13. The second-order valence-electron chi connectivity index (χ2n) is 4.85. The molecule has 2 aromatic carbocycles. The molecule has 1 N–H and O–H groups in total. The van der Waals surface area contributed by atoms with Gasteiger partial charge in [0.25, 0.3) is 0 Å². The summed E-state index contributed by atoms with van der Waals surface area (Å²) in [6.07, 6.45) is 1.62. The first kappa shape index (κ1) is 15.4. The number of fused-ring (bicyclic) bond motifs is 1. The summed E-state index contributed by atoms with van der Waals surface area (Å²) in [5.74, 6) is 1.46. The molecule has 0 spiro atoms. The summed E-state index contributed by atoms with van der Waals surface area (Å²) in [5.41, 5.74) is 1.13. The van der Waals surface area contributed by atoms with Crippen molar-refractivity contribution in [1.82, 2.24) is 0 Å². The molecule has 1 aliphatic heterocycles. The molecule has 5 nitrogen and oxygen atoms in total. The highest BCUT2D eigenvalue weighted by Crippen LogP contribution is 2.37. The summed E-state index contributed by atoms with van der Waals surface area (Å²) < 4.78 is 16.8. The zero-order chi connectivity index (χ0) is 16.6. The number of benzene rings is 2. The monoisotopic (exact) mass is 376 g/mol. The quantitative estimate of drug-likeness (QED) is 0.825. The van der Waals surface area contributed by atoms with Gasteiger partial charge in [-0.25, -0.2) is 0 Å². The van der Waals surface area contributed by atoms with Crippen molar-refractivity contribution in [2.45, 2.75) is 0 Å². The van der Waals surface area contributed by atoms with Crippen LogP contribution in [0.2, 0.25) is 0 Å². The summed E-state index contributed by atoms with van der Waals surface area (Å²) in [7, 11) is 3.09. The van der Waals surface area contributed by atoms with Crippen LogP contribution in [-0.2, 0) is 0 Å². The van der Waals surface area contributed by atoms with Gasteiger partial charge in [-0.2, -0.15) is 0 Å². The second-order valence-corrected chi connectivity index (χ2v) is 5.70. The van der Waals surface area contributed by atoms with E-state index in [9.17, 15) is 9.90 Å². The van der Waals surface area contributed by atoms with Crippen LogP contribution < -0.4 is 14.2 Å². The molecule has 2 aromatic rings. The molecule has 0 amide bonds. The van der Waals surface area contributed by atoms with E-state index in [-0.39, 0.29) is 17.3 Å². The number of hydrogen-bond acceptors (Lipinski definition) is 5. The molecule has 118 valence electrons. The zero-order valence-corrected chi connectivity index (χ0v) is 14.0. The fourth-order valence-electron chi connectivity index (χ4n) is 2.30. The van der Waals surface area contributed by atoms with Gasteiger partial charge in [0, 0.05) is 10.5 Å². The number of allylic oxidation sites excluding steroid dienone is 1. The van der Waals surface area contributed by atoms with Gasteiger partial charge in [0.1, 0.15) is 11.5 Å². The largest absolute Gasteiger partial charge is 0.508 e. The predicted molar refractivity (Wildman–Crippen MR) is 88.3 cm³/mol. The molecule has 0 saturated carbocycles. The van der Waals surface area contributed by atoms with E-state index in [4.69, 9.17) is 14.2 Å². The molecule has 0 aromatic heterocycles. The number of rotatable bonds is 3. The van der Waals surface area contributed by atoms with E-state index >= 15 is 0 Å². The Morgan fingerprint density at radius 3 is 2.52 bits per heavy atom. The minimum Gasteiger partial charge on any atom is -0.508 e. The molecule has 6 heteroatoms. The highest BCUT2D eigenvalue weighted by molar-refractivity contribution is 9.10. The summed E-state index contributed by atoms with van der Waals surface area (Å²) in [6, 6.07) is 7.90. The summed E-state index contributed by atoms with van der Waals surface area (Å²) in [6.45, 7) is 0. The molecule has 0 bridgehead atoms. The summed E-state index contributed by atoms with van der Waals surface area (Å²) in [4.78, 5) is 12.4. The van der Waals surface area contributed by atoms with Crippen LogP contribution in [0.15, 0.2) is 40.6 Å². The molecule has 1 heterocycles. The van der Waals surface area contributed by atoms with Gasteiger partial charge in [-0.1, -0.05) is 15.9 Å². The van der Waals surface area contributed by atoms with Crippen molar-refractivity contribution >= 4 is 27.8 Å². The molecule has 0 aliphatic carbocycles. The highest BCUT2D eigenvalue weighted by Gasteiger charge is 2.27. The van der Waals surface area contributed by atoms with Gasteiger partial charge in [-0.3, -0.25) is 4.79 Å². The van der Waals surface area contributed by atoms with Gasteiger partial charge in [0.15, 0.2) is 17.3 Å². The number of carbonyl (C=O) groups is 1. The average molecular weight is 377 g/mol. The highest BCUT2D eigenvalue weighted by atomic mass is 79.9. The van der Waals surface area contributed by atoms with Crippen LogP contribution in [0.3, 0.4) is 0 Å². The third kappa shape index (κ3) is 2.77. The minimum absolute atomic E-state index is 0.0464. The Labute approximate surface area is 141 Å². The van der Waals surface area contributed by atoms with Crippen molar-refractivity contribution in [2.24, 2.45) is 0 Å². The van der Waals surface area contributed by atoms with Crippen molar-refractivity contribution in [1.29, 1.82) is 0 Å². The maximum Gasteiger partial charge on any atom is 0.231 e. The average Bonchev–Trinajstić information content (AvgIpc) is 2.84. The molecule has 0 radical (unpaired) electrons. The van der Waals surface area contributed by atoms with Crippen molar-refractivity contribution in [3.63, 3.8) is 0 Å². The minimum atomic E-state index is -0.235. The van der Waals surface area contributed by atoms with Crippen LogP contribution >= 0.6 is 15.9 Å². The number of methoxy groups -OCH3 is 2. The van der Waals surface area contributed by atoms with Crippen LogP contribution in [0.4, 0.5) is 0 Å². The van der Waals surface area contributed by atoms with Crippen LogP contribution in [0.25, 0.3) is 6.08 Å². The van der Waals surface area contributed by atoms with Crippen LogP contribution in [-0.4, -0.2) is 25.1 Å². The normalized spacial score (nSPS) is 14.6. The third-order valence-electron chi connectivity index (χ3n) is 3.44. The Morgan fingerprint density at radius 1 is 1.13 bits per heavy atom. The van der Waals surface area contributed by atoms with Gasteiger partial charge in [0.2, 0.25) is 5.78 Å². The smallest absolute Gasteiger partial charge is 0.231 e. The lowest BCUT2D eigenvalue weighted by Gasteiger charge is -2.10.